The fourth-order valence-electron chi connectivity index (χ4n) is 2.09. The van der Waals surface area contributed by atoms with Crippen molar-refractivity contribution in [2.75, 3.05) is 13.1 Å². The molecule has 0 aliphatic heterocycles. The molecule has 1 aliphatic rings. The molecule has 0 aromatic carbocycles. The molecule has 1 aromatic heterocycles. The maximum absolute atomic E-state index is 4.51. The number of nitrogens with zero attached hydrogens (tertiary/aromatic N) is 1. The molecular weight excluding hydrogens is 196 g/mol. The summed E-state index contributed by atoms with van der Waals surface area (Å²) in [6.45, 7) is 8.87. The first-order valence-electron chi connectivity index (χ1n) is 6.30. The quantitative estimate of drug-likeness (QED) is 0.822. The van der Waals surface area contributed by atoms with Crippen molar-refractivity contribution < 1.29 is 0 Å². The van der Waals surface area contributed by atoms with Gasteiger partial charge in [0.05, 0.1) is 0 Å². The molecule has 1 N–H and O–H groups in total. The van der Waals surface area contributed by atoms with Crippen LogP contribution in [-0.2, 0) is 0 Å². The fourth-order valence-corrected chi connectivity index (χ4v) is 2.09. The van der Waals surface area contributed by atoms with E-state index < -0.39 is 0 Å². The molecule has 88 valence electrons. The molecule has 1 aromatic rings. The Balaban J connectivity index is 1.76. The van der Waals surface area contributed by atoms with E-state index in [4.69, 9.17) is 0 Å². The minimum Gasteiger partial charge on any atom is -0.316 e. The molecule has 0 bridgehead atoms. The molecule has 0 saturated heterocycles. The molecule has 2 heteroatoms. The molecule has 0 amide bonds. The van der Waals surface area contributed by atoms with Gasteiger partial charge in [-0.2, -0.15) is 0 Å². The van der Waals surface area contributed by atoms with E-state index in [0.29, 0.717) is 5.92 Å². The topological polar surface area (TPSA) is 24.9 Å². The van der Waals surface area contributed by atoms with Gasteiger partial charge >= 0.3 is 0 Å². The van der Waals surface area contributed by atoms with Crippen LogP contribution < -0.4 is 5.32 Å². The van der Waals surface area contributed by atoms with Gasteiger partial charge in [-0.25, -0.2) is 0 Å². The van der Waals surface area contributed by atoms with Crippen LogP contribution in [0.15, 0.2) is 18.3 Å². The van der Waals surface area contributed by atoms with Crippen molar-refractivity contribution in [2.24, 2.45) is 11.8 Å². The van der Waals surface area contributed by atoms with Gasteiger partial charge < -0.3 is 5.32 Å². The zero-order valence-electron chi connectivity index (χ0n) is 10.5. The van der Waals surface area contributed by atoms with Crippen LogP contribution in [0.5, 0.6) is 0 Å². The van der Waals surface area contributed by atoms with Crippen LogP contribution in [0.2, 0.25) is 0 Å². The van der Waals surface area contributed by atoms with Gasteiger partial charge in [-0.3, -0.25) is 4.98 Å². The second-order valence-corrected chi connectivity index (χ2v) is 5.41. The Labute approximate surface area is 98.5 Å². The average molecular weight is 218 g/mol. The minimum atomic E-state index is 0.709. The van der Waals surface area contributed by atoms with E-state index >= 15 is 0 Å². The first-order valence-corrected chi connectivity index (χ1v) is 6.30. The largest absolute Gasteiger partial charge is 0.316 e. The number of hydrogen-bond acceptors (Lipinski definition) is 2. The van der Waals surface area contributed by atoms with E-state index in [1.165, 1.54) is 17.7 Å². The van der Waals surface area contributed by atoms with E-state index in [1.807, 2.05) is 6.20 Å². The van der Waals surface area contributed by atoms with Crippen molar-refractivity contribution in [1.82, 2.24) is 10.3 Å². The maximum atomic E-state index is 4.51. The van der Waals surface area contributed by atoms with Crippen LogP contribution >= 0.6 is 0 Å². The second kappa shape index (κ2) is 4.96. The van der Waals surface area contributed by atoms with Crippen molar-refractivity contribution >= 4 is 0 Å². The molecule has 2 nitrogen and oxygen atoms in total. The number of pyridine rings is 1. The standard InChI is InChI=1S/C14H22N2/c1-10(2)7-15-9-12-6-13(12)14-5-4-11(3)8-16-14/h4-5,8,10,12-13,15H,6-7,9H2,1-3H3. The lowest BCUT2D eigenvalue weighted by Gasteiger charge is -2.06. The van der Waals surface area contributed by atoms with Gasteiger partial charge in [0, 0.05) is 17.8 Å². The summed E-state index contributed by atoms with van der Waals surface area (Å²) in [6, 6.07) is 4.35. The normalized spacial score (nSPS) is 23.8. The molecular formula is C14H22N2. The number of aromatic nitrogens is 1. The second-order valence-electron chi connectivity index (χ2n) is 5.41. The van der Waals surface area contributed by atoms with Crippen LogP contribution in [0.4, 0.5) is 0 Å². The Hall–Kier alpha value is -0.890. The van der Waals surface area contributed by atoms with Crippen molar-refractivity contribution in [3.63, 3.8) is 0 Å². The maximum Gasteiger partial charge on any atom is 0.0438 e. The first kappa shape index (κ1) is 11.6. The molecule has 1 saturated carbocycles. The third kappa shape index (κ3) is 3.05. The molecule has 16 heavy (non-hydrogen) atoms. The van der Waals surface area contributed by atoms with Crippen molar-refractivity contribution in [3.05, 3.63) is 29.6 Å². The third-order valence-electron chi connectivity index (χ3n) is 3.20. The minimum absolute atomic E-state index is 0.709. The molecule has 1 heterocycles. The predicted octanol–water partition coefficient (Wildman–Crippen LogP) is 2.74. The summed E-state index contributed by atoms with van der Waals surface area (Å²) < 4.78 is 0. The summed E-state index contributed by atoms with van der Waals surface area (Å²) >= 11 is 0. The van der Waals surface area contributed by atoms with Crippen molar-refractivity contribution in [1.29, 1.82) is 0 Å². The van der Waals surface area contributed by atoms with Gasteiger partial charge in [0.2, 0.25) is 0 Å². The van der Waals surface area contributed by atoms with Gasteiger partial charge in [-0.1, -0.05) is 19.9 Å². The highest BCUT2D eigenvalue weighted by atomic mass is 14.9. The summed E-state index contributed by atoms with van der Waals surface area (Å²) in [4.78, 5) is 4.51. The van der Waals surface area contributed by atoms with Gasteiger partial charge in [0.15, 0.2) is 0 Å². The third-order valence-corrected chi connectivity index (χ3v) is 3.20. The highest BCUT2D eigenvalue weighted by Gasteiger charge is 2.38. The summed E-state index contributed by atoms with van der Waals surface area (Å²) in [5.41, 5.74) is 2.53. The molecule has 2 rings (SSSR count). The van der Waals surface area contributed by atoms with Crippen LogP contribution in [0, 0.1) is 18.8 Å². The molecule has 0 radical (unpaired) electrons. The highest BCUT2D eigenvalue weighted by Crippen LogP contribution is 2.46. The summed E-state index contributed by atoms with van der Waals surface area (Å²) in [7, 11) is 0. The van der Waals surface area contributed by atoms with Gasteiger partial charge in [0.1, 0.15) is 0 Å². The lowest BCUT2D eigenvalue weighted by atomic mass is 10.2. The van der Waals surface area contributed by atoms with E-state index in [-0.39, 0.29) is 0 Å². The Morgan fingerprint density at radius 3 is 2.88 bits per heavy atom. The van der Waals surface area contributed by atoms with Crippen molar-refractivity contribution in [2.45, 2.75) is 33.1 Å². The van der Waals surface area contributed by atoms with Crippen LogP contribution in [0.25, 0.3) is 0 Å². The predicted molar refractivity (Wildman–Crippen MR) is 67.5 cm³/mol. The first-order chi connectivity index (χ1) is 7.66. The average Bonchev–Trinajstić information content (AvgIpc) is 2.98. The number of nitrogens with one attached hydrogen (secondary N) is 1. The Morgan fingerprint density at radius 2 is 2.25 bits per heavy atom. The highest BCUT2D eigenvalue weighted by molar-refractivity contribution is 5.21. The summed E-state index contributed by atoms with van der Waals surface area (Å²) in [5.74, 6) is 2.27. The van der Waals surface area contributed by atoms with E-state index in [0.717, 1.165) is 24.9 Å². The summed E-state index contributed by atoms with van der Waals surface area (Å²) in [6.07, 6.45) is 3.29. The lowest BCUT2D eigenvalue weighted by Crippen LogP contribution is -2.22. The smallest absolute Gasteiger partial charge is 0.0438 e. The SMILES string of the molecule is Cc1ccc(C2CC2CNCC(C)C)nc1. The zero-order valence-corrected chi connectivity index (χ0v) is 10.5. The Bertz CT molecular complexity index is 329. The van der Waals surface area contributed by atoms with Gasteiger partial charge in [0.25, 0.3) is 0 Å². The number of hydrogen-bond donors (Lipinski definition) is 1. The van der Waals surface area contributed by atoms with E-state index in [2.05, 4.69) is 43.2 Å². The van der Waals surface area contributed by atoms with Gasteiger partial charge in [-0.05, 0) is 49.9 Å². The van der Waals surface area contributed by atoms with Crippen LogP contribution in [-0.4, -0.2) is 18.1 Å². The van der Waals surface area contributed by atoms with E-state index in [1.54, 1.807) is 0 Å². The zero-order chi connectivity index (χ0) is 11.5. The van der Waals surface area contributed by atoms with Crippen molar-refractivity contribution in [3.8, 4) is 0 Å². The number of rotatable bonds is 5. The number of aryl methyl sites for hydroxylation is 1. The molecule has 0 spiro atoms. The fraction of sp³-hybridized carbons (Fsp3) is 0.643. The monoisotopic (exact) mass is 218 g/mol. The summed E-state index contributed by atoms with van der Waals surface area (Å²) in [5, 5.41) is 3.53. The molecule has 1 aliphatic carbocycles. The molecule has 1 fully saturated rings. The van der Waals surface area contributed by atoms with Crippen LogP contribution in [0.3, 0.4) is 0 Å². The van der Waals surface area contributed by atoms with Crippen LogP contribution in [0.1, 0.15) is 37.4 Å². The van der Waals surface area contributed by atoms with E-state index in [9.17, 15) is 0 Å². The Morgan fingerprint density at radius 1 is 1.44 bits per heavy atom. The lowest BCUT2D eigenvalue weighted by molar-refractivity contribution is 0.532. The van der Waals surface area contributed by atoms with Gasteiger partial charge in [-0.15, -0.1) is 0 Å². The Kier molecular flexibility index (Phi) is 3.59. The molecule has 2 unspecified atom stereocenters. The molecule has 2 atom stereocenters.